The predicted octanol–water partition coefficient (Wildman–Crippen LogP) is 3.75. The van der Waals surface area contributed by atoms with Crippen LogP contribution in [-0.4, -0.2) is 277 Å². The lowest BCUT2D eigenvalue weighted by atomic mass is 9.76. The predicted molar refractivity (Wildman–Crippen MR) is 426 cm³/mol. The van der Waals surface area contributed by atoms with E-state index in [4.69, 9.17) is 52.4 Å². The Morgan fingerprint density at radius 2 is 1.27 bits per heavy atom. The number of benzene rings is 2. The number of carbonyl (C=O) groups is 8. The van der Waals surface area contributed by atoms with E-state index >= 15 is 0 Å². The average Bonchev–Trinajstić information content (AvgIpc) is 1.41. The van der Waals surface area contributed by atoms with Crippen LogP contribution in [0.5, 0.6) is 5.75 Å². The number of aromatic hydroxyl groups is 1. The summed E-state index contributed by atoms with van der Waals surface area (Å²) in [5.74, 6) is -4.42. The number of phenolic OH excluding ortho intramolecular Hbond substituents is 1. The molecular weight excluding hydrogens is 1530 g/mol. The summed E-state index contributed by atoms with van der Waals surface area (Å²) in [6.45, 7) is 14.2. The minimum absolute atomic E-state index is 0.00233. The molecule has 2 aromatic carbocycles. The minimum atomic E-state index is -4.62. The molecule has 116 heavy (non-hydrogen) atoms. The number of anilines is 1. The molecule has 4 atom stereocenters. The van der Waals surface area contributed by atoms with E-state index in [-0.39, 0.29) is 134 Å². The molecule has 7 amide bonds. The lowest BCUT2D eigenvalue weighted by molar-refractivity contribution is -0.141. The Labute approximate surface area is 674 Å². The molecule has 2 aliphatic rings. The number of nitrogens with zero attached hydrogens (tertiary/aromatic N) is 7. The van der Waals surface area contributed by atoms with Gasteiger partial charge in [-0.1, -0.05) is 39.8 Å². The molecule has 8 rings (SSSR count). The van der Waals surface area contributed by atoms with Gasteiger partial charge in [0.15, 0.2) is 11.4 Å². The van der Waals surface area contributed by atoms with Gasteiger partial charge in [-0.3, -0.25) is 43.5 Å². The summed E-state index contributed by atoms with van der Waals surface area (Å²) in [5.41, 5.74) is 7.88. The molecule has 0 radical (unpaired) electrons. The number of phenols is 1. The standard InChI is InChI=1S/C79H111N13O23S/c1-10-59-61-46-58(93)18-20-64(61)86-71-62(59)49-92-66(71)47-63-60(76(92)100)19-21-67(94)79(63,11-2)115-78(102)89(8)28-27-88(7)77(101)114-50-54-14-16-56(17-15-54)84-73(97)53(5)83-75(99)70(52(3)4)87-69(96)23-29-106-31-33-108-35-37-110-39-41-112-43-44-113-42-40-111-38-36-109-34-32-107-30-25-82-74(98)65(51-116(103,104)105)85-68(95)22-26-91-57(48-90(9)80-6)45-55-13-12-24-81-72(55)91/h12-18,20,24,45-47,52-53,65,70,80,93H,10-11,19,21-23,25-44,48-51H2,1-9H3,(H,82,98)(H,83,99)(H,84,97)(H,85,95)(H,87,96)(H,103,104,105)/t53-,65-,70-,79-/m0/s1. The van der Waals surface area contributed by atoms with Crippen LogP contribution in [-0.2, 0) is 131 Å². The third-order valence-electron chi connectivity index (χ3n) is 19.5. The van der Waals surface area contributed by atoms with Crippen molar-refractivity contribution in [2.45, 2.75) is 123 Å². The molecule has 6 aromatic rings. The van der Waals surface area contributed by atoms with Crippen LogP contribution in [0.25, 0.3) is 33.3 Å². The fourth-order valence-electron chi connectivity index (χ4n) is 13.0. The molecule has 0 unspecified atom stereocenters. The van der Waals surface area contributed by atoms with Crippen LogP contribution in [0.4, 0.5) is 15.3 Å². The maximum absolute atomic E-state index is 14.3. The van der Waals surface area contributed by atoms with Gasteiger partial charge in [-0.2, -0.15) is 8.42 Å². The van der Waals surface area contributed by atoms with Gasteiger partial charge in [-0.05, 0) is 105 Å². The number of hydrogen-bond acceptors (Lipinski definition) is 26. The zero-order chi connectivity index (χ0) is 83.9. The average molecular weight is 1640 g/mol. The number of amides is 7. The molecule has 36 nitrogen and oxygen atoms in total. The van der Waals surface area contributed by atoms with Crippen molar-refractivity contribution in [1.29, 1.82) is 0 Å². The highest BCUT2D eigenvalue weighted by Gasteiger charge is 2.49. The number of nitrogens with one attached hydrogen (secondary N) is 6. The smallest absolute Gasteiger partial charge is 0.410 e. The molecule has 0 spiro atoms. The van der Waals surface area contributed by atoms with E-state index in [1.807, 2.05) is 41.7 Å². The number of carbonyl (C=O) groups excluding carboxylic acids is 8. The molecule has 4 aromatic heterocycles. The van der Waals surface area contributed by atoms with Crippen LogP contribution in [0.3, 0.4) is 0 Å². The third kappa shape index (κ3) is 27.0. The number of pyridine rings is 3. The Kier molecular flexibility index (Phi) is 36.2. The minimum Gasteiger partial charge on any atom is -0.508 e. The van der Waals surface area contributed by atoms with Crippen LogP contribution in [0.2, 0.25) is 0 Å². The Morgan fingerprint density at radius 3 is 1.85 bits per heavy atom. The maximum Gasteiger partial charge on any atom is 0.410 e. The number of aromatic nitrogens is 4. The number of hydrazine groups is 1. The van der Waals surface area contributed by atoms with Gasteiger partial charge >= 0.3 is 12.2 Å². The fourth-order valence-corrected chi connectivity index (χ4v) is 13.7. The largest absolute Gasteiger partial charge is 0.508 e. The number of ketones is 1. The number of rotatable bonds is 51. The van der Waals surface area contributed by atoms with Crippen LogP contribution in [0.15, 0.2) is 77.7 Å². The Hall–Kier alpha value is -9.64. The highest BCUT2D eigenvalue weighted by molar-refractivity contribution is 7.85. The van der Waals surface area contributed by atoms with Crippen LogP contribution in [0.1, 0.15) is 93.8 Å². The van der Waals surface area contributed by atoms with E-state index in [0.717, 1.165) is 27.6 Å². The molecular formula is C79H111N13O23S. The summed E-state index contributed by atoms with van der Waals surface area (Å²) in [5, 5.41) is 26.9. The summed E-state index contributed by atoms with van der Waals surface area (Å²) in [7, 11) is 2.01. The van der Waals surface area contributed by atoms with Crippen molar-refractivity contribution >= 4 is 85.2 Å². The van der Waals surface area contributed by atoms with Gasteiger partial charge in [0.25, 0.3) is 15.7 Å². The molecule has 0 bridgehead atoms. The van der Waals surface area contributed by atoms with Crippen molar-refractivity contribution in [3.63, 3.8) is 0 Å². The lowest BCUT2D eigenvalue weighted by Gasteiger charge is -2.37. The molecule has 5 heterocycles. The number of fused-ring (bicyclic) bond motifs is 6. The number of ether oxygens (including phenoxy) is 10. The van der Waals surface area contributed by atoms with E-state index in [9.17, 15) is 61.2 Å². The molecule has 636 valence electrons. The molecule has 0 saturated carbocycles. The zero-order valence-corrected chi connectivity index (χ0v) is 68.3. The van der Waals surface area contributed by atoms with Crippen molar-refractivity contribution in [1.82, 2.24) is 60.6 Å². The summed E-state index contributed by atoms with van der Waals surface area (Å²) < 4.78 is 92.4. The first-order valence-corrected chi connectivity index (χ1v) is 40.5. The van der Waals surface area contributed by atoms with Crippen molar-refractivity contribution in [3.05, 3.63) is 117 Å². The molecule has 0 fully saturated rings. The van der Waals surface area contributed by atoms with Crippen LogP contribution in [0, 0.1) is 5.92 Å². The summed E-state index contributed by atoms with van der Waals surface area (Å²) in [6, 6.07) is 15.5. The van der Waals surface area contributed by atoms with Crippen LogP contribution >= 0.6 is 0 Å². The SMILES string of the molecule is CCc1c2c(nc3ccc(O)cc13)-c1cc3c(c(=O)n1C2)CCC(=O)[C@@]3(CC)OC(=O)N(C)CCN(C)C(=O)OCc1ccc(NC(=O)[C@H](C)NC(=O)[C@@H](NC(=O)CCOCCOCCOCCOCCOCCOCCOCCOCCNC(=O)[C@H](CS(=O)(=O)O)NC(=O)CCn2c(CN(C)NC)cc3cccnc32)C(C)C)cc1. The first-order valence-electron chi connectivity index (χ1n) is 38.9. The molecule has 1 aliphatic heterocycles. The second-order valence-electron chi connectivity index (χ2n) is 28.2. The van der Waals surface area contributed by atoms with E-state index in [0.29, 0.717) is 124 Å². The first-order chi connectivity index (χ1) is 55.6. The Morgan fingerprint density at radius 1 is 0.672 bits per heavy atom. The summed E-state index contributed by atoms with van der Waals surface area (Å²) in [4.78, 5) is 132. The van der Waals surface area contributed by atoms with Crippen molar-refractivity contribution in [3.8, 4) is 17.1 Å². The van der Waals surface area contributed by atoms with E-state index in [1.165, 1.54) is 30.8 Å². The first kappa shape index (κ1) is 91.9. The molecule has 8 N–H and O–H groups in total. The van der Waals surface area contributed by atoms with Gasteiger partial charge in [-0.15, -0.1) is 0 Å². The van der Waals surface area contributed by atoms with Crippen LogP contribution < -0.4 is 37.6 Å². The third-order valence-corrected chi connectivity index (χ3v) is 20.2. The molecule has 0 saturated heterocycles. The van der Waals surface area contributed by atoms with E-state index < -0.39 is 81.3 Å². The monoisotopic (exact) mass is 1640 g/mol. The second-order valence-corrected chi connectivity index (χ2v) is 29.7. The van der Waals surface area contributed by atoms with Gasteiger partial charge in [0, 0.05) is 112 Å². The Bertz CT molecular complexity index is 4490. The fraction of sp³-hybridized carbons (Fsp3) is 0.557. The number of aryl methyl sites for hydroxylation is 2. The Balaban J connectivity index is 0.589. The van der Waals surface area contributed by atoms with Crippen molar-refractivity contribution < 1.29 is 104 Å². The summed E-state index contributed by atoms with van der Waals surface area (Å²) >= 11 is 0. The quantitative estimate of drug-likeness (QED) is 0.0153. The second kappa shape index (κ2) is 45.8. The maximum atomic E-state index is 14.3. The number of likely N-dealkylation sites (N-methyl/N-ethyl adjacent to an activating group) is 2. The van der Waals surface area contributed by atoms with Gasteiger partial charge in [0.2, 0.25) is 29.5 Å². The molecule has 37 heteroatoms. The lowest BCUT2D eigenvalue weighted by Crippen LogP contribution is -2.53. The van der Waals surface area contributed by atoms with E-state index in [2.05, 4.69) is 37.0 Å². The van der Waals surface area contributed by atoms with Gasteiger partial charge in [0.1, 0.15) is 41.9 Å². The van der Waals surface area contributed by atoms with Gasteiger partial charge in [-0.25, -0.2) is 24.6 Å². The number of Topliss-reactive ketones (excluding diaryl/α,β-unsaturated/α-hetero) is 1. The van der Waals surface area contributed by atoms with Crippen molar-refractivity contribution in [2.75, 3.05) is 165 Å². The van der Waals surface area contributed by atoms with Crippen molar-refractivity contribution in [2.24, 2.45) is 5.92 Å². The normalized spacial score (nSPS) is 14.5. The topological polar surface area (TPSA) is 438 Å². The van der Waals surface area contributed by atoms with Gasteiger partial charge in [0.05, 0.1) is 136 Å². The van der Waals surface area contributed by atoms with Gasteiger partial charge < -0.3 is 98.0 Å². The number of hydrogen-bond donors (Lipinski definition) is 8. The highest BCUT2D eigenvalue weighted by Crippen LogP contribution is 2.43. The summed E-state index contributed by atoms with van der Waals surface area (Å²) in [6.07, 6.45) is 0.909. The molecule has 1 aliphatic carbocycles. The zero-order valence-electron chi connectivity index (χ0n) is 67.5. The highest BCUT2D eigenvalue weighted by atomic mass is 32.2. The van der Waals surface area contributed by atoms with E-state index in [1.54, 1.807) is 87.1 Å².